The monoisotopic (exact) mass is 527 g/mol. The standard InChI is InChI=1S/C25H22ClN3O6S/c26-20-7-4-17(11-21(20)29(32)33)25(31)28(18-5-6-18)14-24(30)27(13-19-2-1-9-36-19)12-16-3-8-22-23(10-16)35-15-34-22/h1-4,7-11,18H,5-6,12-15H2. The number of amides is 2. The molecule has 1 fully saturated rings. The van der Waals surface area contributed by atoms with Crippen molar-refractivity contribution in [1.82, 2.24) is 9.80 Å². The number of carbonyl (C=O) groups is 2. The average molecular weight is 528 g/mol. The first-order valence-electron chi connectivity index (χ1n) is 11.3. The minimum absolute atomic E-state index is 0.0450. The van der Waals surface area contributed by atoms with Crippen molar-refractivity contribution in [2.24, 2.45) is 0 Å². The summed E-state index contributed by atoms with van der Waals surface area (Å²) in [4.78, 5) is 41.8. The average Bonchev–Trinajstić information content (AvgIpc) is 3.36. The SMILES string of the molecule is O=C(CN(C(=O)c1ccc(Cl)c([N+](=O)[O-])c1)C1CC1)N(Cc1ccc2c(c1)OCO2)Cc1cccs1. The fourth-order valence-electron chi connectivity index (χ4n) is 4.03. The second kappa shape index (κ2) is 10.2. The molecular weight excluding hydrogens is 506 g/mol. The third kappa shape index (κ3) is 5.29. The van der Waals surface area contributed by atoms with E-state index >= 15 is 0 Å². The zero-order chi connectivity index (χ0) is 25.2. The Kier molecular flexibility index (Phi) is 6.80. The lowest BCUT2D eigenvalue weighted by Gasteiger charge is -2.28. The number of fused-ring (bicyclic) bond motifs is 1. The van der Waals surface area contributed by atoms with Crippen molar-refractivity contribution in [3.8, 4) is 11.5 Å². The van der Waals surface area contributed by atoms with Crippen molar-refractivity contribution in [3.63, 3.8) is 0 Å². The van der Waals surface area contributed by atoms with Gasteiger partial charge >= 0.3 is 0 Å². The molecule has 1 saturated carbocycles. The van der Waals surface area contributed by atoms with Gasteiger partial charge < -0.3 is 19.3 Å². The van der Waals surface area contributed by atoms with E-state index in [0.717, 1.165) is 23.3 Å². The molecule has 0 spiro atoms. The van der Waals surface area contributed by atoms with Crippen molar-refractivity contribution >= 4 is 40.4 Å². The minimum atomic E-state index is -0.625. The first-order valence-corrected chi connectivity index (χ1v) is 12.6. The lowest BCUT2D eigenvalue weighted by Crippen LogP contribution is -2.43. The van der Waals surface area contributed by atoms with Crippen molar-refractivity contribution in [2.75, 3.05) is 13.3 Å². The van der Waals surface area contributed by atoms with Gasteiger partial charge in [-0.05, 0) is 54.1 Å². The summed E-state index contributed by atoms with van der Waals surface area (Å²) in [5.41, 5.74) is 0.667. The van der Waals surface area contributed by atoms with Crippen LogP contribution < -0.4 is 9.47 Å². The molecule has 2 aliphatic rings. The second-order valence-corrected chi connectivity index (χ2v) is 10.0. The maximum absolute atomic E-state index is 13.6. The molecule has 1 aliphatic heterocycles. The molecule has 0 radical (unpaired) electrons. The molecule has 0 N–H and O–H groups in total. The number of nitro benzene ring substituents is 1. The minimum Gasteiger partial charge on any atom is -0.454 e. The summed E-state index contributed by atoms with van der Waals surface area (Å²) in [5.74, 6) is 0.655. The number of ether oxygens (including phenoxy) is 2. The first-order chi connectivity index (χ1) is 17.4. The Morgan fingerprint density at radius 1 is 1.08 bits per heavy atom. The molecule has 1 aromatic heterocycles. The van der Waals surface area contributed by atoms with Crippen LogP contribution in [0.1, 0.15) is 33.6 Å². The van der Waals surface area contributed by atoms with E-state index in [1.54, 1.807) is 16.2 Å². The van der Waals surface area contributed by atoms with Gasteiger partial charge in [0.15, 0.2) is 11.5 Å². The number of nitrogens with zero attached hydrogens (tertiary/aromatic N) is 3. The summed E-state index contributed by atoms with van der Waals surface area (Å²) in [6.45, 7) is 0.754. The van der Waals surface area contributed by atoms with Crippen LogP contribution in [0.2, 0.25) is 5.02 Å². The smallest absolute Gasteiger partial charge is 0.288 e. The molecule has 0 atom stereocenters. The number of benzene rings is 2. The van der Waals surface area contributed by atoms with E-state index in [2.05, 4.69) is 0 Å². The lowest BCUT2D eigenvalue weighted by atomic mass is 10.1. The topological polar surface area (TPSA) is 102 Å². The van der Waals surface area contributed by atoms with Crippen LogP contribution in [0.4, 0.5) is 5.69 Å². The normalized spacial score (nSPS) is 13.9. The van der Waals surface area contributed by atoms with Gasteiger partial charge in [-0.15, -0.1) is 11.3 Å². The molecule has 0 saturated heterocycles. The van der Waals surface area contributed by atoms with Crippen LogP contribution in [0.3, 0.4) is 0 Å². The van der Waals surface area contributed by atoms with E-state index in [1.807, 2.05) is 35.7 Å². The van der Waals surface area contributed by atoms with E-state index in [4.69, 9.17) is 21.1 Å². The number of hydrogen-bond acceptors (Lipinski definition) is 7. The van der Waals surface area contributed by atoms with Gasteiger partial charge in [0.2, 0.25) is 12.7 Å². The Morgan fingerprint density at radius 2 is 1.89 bits per heavy atom. The van der Waals surface area contributed by atoms with Gasteiger partial charge in [0, 0.05) is 29.1 Å². The number of halogens is 1. The van der Waals surface area contributed by atoms with Crippen molar-refractivity contribution in [3.05, 3.63) is 85.1 Å². The largest absolute Gasteiger partial charge is 0.454 e. The molecule has 11 heteroatoms. The summed E-state index contributed by atoms with van der Waals surface area (Å²) in [6.07, 6.45) is 1.56. The number of thiophene rings is 1. The lowest BCUT2D eigenvalue weighted by molar-refractivity contribution is -0.384. The summed E-state index contributed by atoms with van der Waals surface area (Å²) in [6, 6.07) is 13.3. The fourth-order valence-corrected chi connectivity index (χ4v) is 4.94. The number of carbonyl (C=O) groups excluding carboxylic acids is 2. The second-order valence-electron chi connectivity index (χ2n) is 8.60. The van der Waals surface area contributed by atoms with Crippen LogP contribution in [-0.2, 0) is 17.9 Å². The van der Waals surface area contributed by atoms with Crippen LogP contribution in [0, 0.1) is 10.1 Å². The highest BCUT2D eigenvalue weighted by molar-refractivity contribution is 7.09. The zero-order valence-corrected chi connectivity index (χ0v) is 20.7. The molecule has 2 heterocycles. The van der Waals surface area contributed by atoms with Crippen LogP contribution in [0.5, 0.6) is 11.5 Å². The molecule has 36 heavy (non-hydrogen) atoms. The van der Waals surface area contributed by atoms with Crippen molar-refractivity contribution in [2.45, 2.75) is 32.0 Å². The Balaban J connectivity index is 1.37. The zero-order valence-electron chi connectivity index (χ0n) is 19.1. The summed E-state index contributed by atoms with van der Waals surface area (Å²) in [7, 11) is 0. The van der Waals surface area contributed by atoms with Crippen LogP contribution in [-0.4, -0.2) is 45.9 Å². The Bertz CT molecular complexity index is 1310. The molecule has 2 amide bonds. The Hall–Kier alpha value is -3.63. The van der Waals surface area contributed by atoms with E-state index < -0.39 is 10.8 Å². The maximum atomic E-state index is 13.6. The number of rotatable bonds is 9. The summed E-state index contributed by atoms with van der Waals surface area (Å²) in [5, 5.41) is 13.2. The highest BCUT2D eigenvalue weighted by Gasteiger charge is 2.36. The summed E-state index contributed by atoms with van der Waals surface area (Å²) >= 11 is 7.46. The third-order valence-electron chi connectivity index (χ3n) is 6.03. The molecular formula is C25H22ClN3O6S. The highest BCUT2D eigenvalue weighted by atomic mass is 35.5. The Labute approximate surface area is 215 Å². The molecule has 3 aromatic rings. The predicted octanol–water partition coefficient (Wildman–Crippen LogP) is 4.87. The fraction of sp³-hybridized carbons (Fsp3) is 0.280. The molecule has 186 valence electrons. The molecule has 9 nitrogen and oxygen atoms in total. The van der Waals surface area contributed by atoms with Gasteiger partial charge in [0.25, 0.3) is 11.6 Å². The van der Waals surface area contributed by atoms with Gasteiger partial charge in [0.05, 0.1) is 11.5 Å². The van der Waals surface area contributed by atoms with Gasteiger partial charge in [-0.25, -0.2) is 0 Å². The van der Waals surface area contributed by atoms with Crippen molar-refractivity contribution < 1.29 is 24.0 Å². The molecule has 1 aliphatic carbocycles. The summed E-state index contributed by atoms with van der Waals surface area (Å²) < 4.78 is 10.9. The molecule has 0 unspecified atom stereocenters. The quantitative estimate of drug-likeness (QED) is 0.290. The molecule has 0 bridgehead atoms. The van der Waals surface area contributed by atoms with Crippen LogP contribution in [0.15, 0.2) is 53.9 Å². The number of hydrogen-bond donors (Lipinski definition) is 0. The predicted molar refractivity (Wildman–Crippen MR) is 133 cm³/mol. The molecule has 2 aromatic carbocycles. The van der Waals surface area contributed by atoms with Gasteiger partial charge in [-0.3, -0.25) is 19.7 Å². The van der Waals surface area contributed by atoms with E-state index in [-0.39, 0.29) is 41.6 Å². The van der Waals surface area contributed by atoms with Crippen LogP contribution in [0.25, 0.3) is 0 Å². The third-order valence-corrected chi connectivity index (χ3v) is 7.21. The van der Waals surface area contributed by atoms with Gasteiger partial charge in [-0.2, -0.15) is 0 Å². The molecule has 5 rings (SSSR count). The maximum Gasteiger partial charge on any atom is 0.288 e. The first kappa shape index (κ1) is 24.1. The van der Waals surface area contributed by atoms with Crippen molar-refractivity contribution in [1.29, 1.82) is 0 Å². The van der Waals surface area contributed by atoms with Gasteiger partial charge in [0.1, 0.15) is 11.6 Å². The van der Waals surface area contributed by atoms with E-state index in [1.165, 1.54) is 23.1 Å². The van der Waals surface area contributed by atoms with Gasteiger partial charge in [-0.1, -0.05) is 23.7 Å². The van der Waals surface area contributed by atoms with E-state index in [9.17, 15) is 19.7 Å². The Morgan fingerprint density at radius 3 is 2.61 bits per heavy atom. The highest BCUT2D eigenvalue weighted by Crippen LogP contribution is 2.34. The van der Waals surface area contributed by atoms with E-state index in [0.29, 0.717) is 24.6 Å². The number of nitro groups is 1. The van der Waals surface area contributed by atoms with Crippen LogP contribution >= 0.6 is 22.9 Å².